The average Bonchev–Trinajstić information content (AvgIpc) is 2.25. The first-order valence-corrected chi connectivity index (χ1v) is 6.17. The van der Waals surface area contributed by atoms with Gasteiger partial charge in [-0.15, -0.1) is 0 Å². The van der Waals surface area contributed by atoms with Gasteiger partial charge < -0.3 is 5.32 Å². The summed E-state index contributed by atoms with van der Waals surface area (Å²) in [5.41, 5.74) is 1.04. The van der Waals surface area contributed by atoms with Crippen LogP contribution in [0.1, 0.15) is 33.1 Å². The van der Waals surface area contributed by atoms with E-state index in [-0.39, 0.29) is 5.82 Å². The molecule has 0 aromatic heterocycles. The molecule has 1 aromatic rings. The molecular formula is C14H20FN. The van der Waals surface area contributed by atoms with Gasteiger partial charge in [0.05, 0.1) is 0 Å². The monoisotopic (exact) mass is 221 g/mol. The van der Waals surface area contributed by atoms with Crippen LogP contribution in [0, 0.1) is 17.7 Å². The standard InChI is InChI=1S/C14H20FN/c1-10-3-8-14(11(2)9-10)16-13-6-4-12(15)5-7-13/h4-7,10-11,14,16H,3,8-9H2,1-2H3. The summed E-state index contributed by atoms with van der Waals surface area (Å²) < 4.78 is 12.8. The molecule has 2 rings (SSSR count). The molecule has 1 aromatic carbocycles. The van der Waals surface area contributed by atoms with Crippen molar-refractivity contribution in [3.05, 3.63) is 30.1 Å². The Morgan fingerprint density at radius 2 is 1.81 bits per heavy atom. The number of halogens is 1. The van der Waals surface area contributed by atoms with E-state index in [0.29, 0.717) is 12.0 Å². The van der Waals surface area contributed by atoms with Gasteiger partial charge in [0.2, 0.25) is 0 Å². The van der Waals surface area contributed by atoms with E-state index in [2.05, 4.69) is 19.2 Å². The quantitative estimate of drug-likeness (QED) is 0.794. The van der Waals surface area contributed by atoms with Crippen LogP contribution in [0.25, 0.3) is 0 Å². The van der Waals surface area contributed by atoms with Crippen LogP contribution in [0.15, 0.2) is 24.3 Å². The highest BCUT2D eigenvalue weighted by atomic mass is 19.1. The Kier molecular flexibility index (Phi) is 3.47. The highest BCUT2D eigenvalue weighted by Crippen LogP contribution is 2.30. The van der Waals surface area contributed by atoms with Gasteiger partial charge in [-0.1, -0.05) is 13.8 Å². The molecule has 0 heterocycles. The van der Waals surface area contributed by atoms with E-state index < -0.39 is 0 Å². The second kappa shape index (κ2) is 4.86. The molecule has 1 N–H and O–H groups in total. The zero-order valence-corrected chi connectivity index (χ0v) is 10.0. The number of rotatable bonds is 2. The van der Waals surface area contributed by atoms with Crippen LogP contribution in [-0.2, 0) is 0 Å². The minimum absolute atomic E-state index is 0.170. The van der Waals surface area contributed by atoms with Crippen molar-refractivity contribution in [2.45, 2.75) is 39.2 Å². The third-order valence-corrected chi connectivity index (χ3v) is 3.63. The van der Waals surface area contributed by atoms with E-state index in [1.807, 2.05) is 12.1 Å². The molecule has 0 radical (unpaired) electrons. The van der Waals surface area contributed by atoms with Crippen LogP contribution in [0.3, 0.4) is 0 Å². The molecule has 1 nitrogen and oxygen atoms in total. The lowest BCUT2D eigenvalue weighted by Crippen LogP contribution is -2.32. The van der Waals surface area contributed by atoms with E-state index in [9.17, 15) is 4.39 Å². The van der Waals surface area contributed by atoms with Gasteiger partial charge >= 0.3 is 0 Å². The average molecular weight is 221 g/mol. The third-order valence-electron chi connectivity index (χ3n) is 3.63. The smallest absolute Gasteiger partial charge is 0.123 e. The molecule has 0 aliphatic heterocycles. The molecule has 88 valence electrons. The van der Waals surface area contributed by atoms with Gasteiger partial charge in [0.1, 0.15) is 5.82 Å². The molecule has 0 spiro atoms. The minimum atomic E-state index is -0.170. The maximum atomic E-state index is 12.8. The Labute approximate surface area is 97.1 Å². The molecule has 0 saturated heterocycles. The molecule has 1 aliphatic rings. The van der Waals surface area contributed by atoms with Gasteiger partial charge in [-0.2, -0.15) is 0 Å². The Bertz CT molecular complexity index is 333. The SMILES string of the molecule is CC1CCC(Nc2ccc(F)cc2)C(C)C1. The largest absolute Gasteiger partial charge is 0.382 e. The van der Waals surface area contributed by atoms with Crippen LogP contribution in [0.2, 0.25) is 0 Å². The summed E-state index contributed by atoms with van der Waals surface area (Å²) >= 11 is 0. The second-order valence-electron chi connectivity index (χ2n) is 5.15. The molecule has 16 heavy (non-hydrogen) atoms. The van der Waals surface area contributed by atoms with Crippen LogP contribution >= 0.6 is 0 Å². The van der Waals surface area contributed by atoms with Gasteiger partial charge in [-0.3, -0.25) is 0 Å². The zero-order valence-electron chi connectivity index (χ0n) is 10.0. The number of hydrogen-bond donors (Lipinski definition) is 1. The first-order chi connectivity index (χ1) is 7.65. The van der Waals surface area contributed by atoms with Crippen molar-refractivity contribution in [1.29, 1.82) is 0 Å². The molecule has 2 heteroatoms. The van der Waals surface area contributed by atoms with Gasteiger partial charge in [0, 0.05) is 11.7 Å². The minimum Gasteiger partial charge on any atom is -0.382 e. The Balaban J connectivity index is 1.96. The molecule has 3 atom stereocenters. The normalized spacial score (nSPS) is 30.1. The summed E-state index contributed by atoms with van der Waals surface area (Å²) in [6.45, 7) is 4.63. The zero-order chi connectivity index (χ0) is 11.5. The lowest BCUT2D eigenvalue weighted by Gasteiger charge is -2.33. The highest BCUT2D eigenvalue weighted by Gasteiger charge is 2.24. The fourth-order valence-corrected chi connectivity index (χ4v) is 2.64. The second-order valence-corrected chi connectivity index (χ2v) is 5.15. The Morgan fingerprint density at radius 1 is 1.12 bits per heavy atom. The lowest BCUT2D eigenvalue weighted by atomic mass is 9.80. The van der Waals surface area contributed by atoms with Crippen molar-refractivity contribution < 1.29 is 4.39 Å². The van der Waals surface area contributed by atoms with Gasteiger partial charge in [-0.05, 0) is 55.4 Å². The van der Waals surface area contributed by atoms with Crippen molar-refractivity contribution in [1.82, 2.24) is 0 Å². The van der Waals surface area contributed by atoms with Gasteiger partial charge in [-0.25, -0.2) is 4.39 Å². The number of hydrogen-bond acceptors (Lipinski definition) is 1. The Hall–Kier alpha value is -1.05. The van der Waals surface area contributed by atoms with Crippen molar-refractivity contribution in [3.63, 3.8) is 0 Å². The summed E-state index contributed by atoms with van der Waals surface area (Å²) in [5.74, 6) is 1.38. The van der Waals surface area contributed by atoms with Crippen molar-refractivity contribution in [2.75, 3.05) is 5.32 Å². The topological polar surface area (TPSA) is 12.0 Å². The summed E-state index contributed by atoms with van der Waals surface area (Å²) in [6, 6.07) is 7.21. The first-order valence-electron chi connectivity index (χ1n) is 6.17. The summed E-state index contributed by atoms with van der Waals surface area (Å²) in [7, 11) is 0. The maximum absolute atomic E-state index is 12.8. The van der Waals surface area contributed by atoms with E-state index in [1.165, 1.54) is 31.4 Å². The van der Waals surface area contributed by atoms with Crippen LogP contribution in [0.4, 0.5) is 10.1 Å². The van der Waals surface area contributed by atoms with Crippen molar-refractivity contribution in [3.8, 4) is 0 Å². The fourth-order valence-electron chi connectivity index (χ4n) is 2.64. The van der Waals surface area contributed by atoms with E-state index in [0.717, 1.165) is 11.6 Å². The molecule has 0 bridgehead atoms. The predicted molar refractivity (Wildman–Crippen MR) is 66.0 cm³/mol. The summed E-state index contributed by atoms with van der Waals surface area (Å²) in [6.07, 6.45) is 3.81. The third kappa shape index (κ3) is 2.75. The number of benzene rings is 1. The molecule has 1 saturated carbocycles. The Morgan fingerprint density at radius 3 is 2.44 bits per heavy atom. The number of nitrogens with one attached hydrogen (secondary N) is 1. The van der Waals surface area contributed by atoms with Gasteiger partial charge in [0.25, 0.3) is 0 Å². The van der Waals surface area contributed by atoms with Crippen molar-refractivity contribution in [2.24, 2.45) is 11.8 Å². The maximum Gasteiger partial charge on any atom is 0.123 e. The summed E-state index contributed by atoms with van der Waals surface area (Å²) in [4.78, 5) is 0. The molecule has 0 amide bonds. The van der Waals surface area contributed by atoms with Crippen LogP contribution < -0.4 is 5.32 Å². The number of anilines is 1. The van der Waals surface area contributed by atoms with E-state index in [4.69, 9.17) is 0 Å². The first kappa shape index (κ1) is 11.4. The molecular weight excluding hydrogens is 201 g/mol. The summed E-state index contributed by atoms with van der Waals surface area (Å²) in [5, 5.41) is 3.51. The van der Waals surface area contributed by atoms with Crippen LogP contribution in [0.5, 0.6) is 0 Å². The predicted octanol–water partition coefficient (Wildman–Crippen LogP) is 4.06. The van der Waals surface area contributed by atoms with E-state index >= 15 is 0 Å². The lowest BCUT2D eigenvalue weighted by molar-refractivity contribution is 0.276. The molecule has 1 fully saturated rings. The highest BCUT2D eigenvalue weighted by molar-refractivity contribution is 5.44. The molecule has 1 aliphatic carbocycles. The van der Waals surface area contributed by atoms with Gasteiger partial charge in [0.15, 0.2) is 0 Å². The van der Waals surface area contributed by atoms with Crippen molar-refractivity contribution >= 4 is 5.69 Å². The van der Waals surface area contributed by atoms with Crippen LogP contribution in [-0.4, -0.2) is 6.04 Å². The molecule has 3 unspecified atom stereocenters. The fraction of sp³-hybridized carbons (Fsp3) is 0.571. The van der Waals surface area contributed by atoms with E-state index in [1.54, 1.807) is 0 Å².